The van der Waals surface area contributed by atoms with E-state index in [2.05, 4.69) is 5.32 Å². The first-order valence-electron chi connectivity index (χ1n) is 6.94. The van der Waals surface area contributed by atoms with Crippen LogP contribution in [0.2, 0.25) is 0 Å². The summed E-state index contributed by atoms with van der Waals surface area (Å²) < 4.78 is 15.0. The van der Waals surface area contributed by atoms with Gasteiger partial charge in [0.15, 0.2) is 5.57 Å². The second-order valence-corrected chi connectivity index (χ2v) is 4.32. The summed E-state index contributed by atoms with van der Waals surface area (Å²) in [5.41, 5.74) is 1.28. The van der Waals surface area contributed by atoms with Crippen molar-refractivity contribution in [1.29, 1.82) is 0 Å². The van der Waals surface area contributed by atoms with E-state index in [9.17, 15) is 9.59 Å². The molecule has 0 spiro atoms. The fourth-order valence-electron chi connectivity index (χ4n) is 1.83. The smallest absolute Gasteiger partial charge is 0.347 e. The average molecular weight is 303 g/mol. The number of ether oxygens (including phenoxy) is 2. The van der Waals surface area contributed by atoms with Gasteiger partial charge in [-0.3, -0.25) is 0 Å². The number of hydrogen-bond donors (Lipinski definition) is 1. The Bertz CT molecular complexity index is 681. The molecule has 22 heavy (non-hydrogen) atoms. The van der Waals surface area contributed by atoms with E-state index in [1.807, 2.05) is 12.1 Å². The van der Waals surface area contributed by atoms with Crippen molar-refractivity contribution in [3.63, 3.8) is 0 Å². The molecule has 0 radical (unpaired) electrons. The molecule has 0 amide bonds. The third kappa shape index (κ3) is 3.66. The van der Waals surface area contributed by atoms with Gasteiger partial charge in [-0.15, -0.1) is 0 Å². The molecular formula is C16H17NO5. The van der Waals surface area contributed by atoms with Crippen molar-refractivity contribution < 1.29 is 23.5 Å². The molecule has 0 aliphatic heterocycles. The minimum absolute atomic E-state index is 0.177. The standard InChI is InChI=1S/C16H17NO5/c1-3-20-15(18)13(16(19)21-4-2)10-17-12-5-6-14-11(9-12)7-8-22-14/h5-10,17H,3-4H2,1-2H3. The van der Waals surface area contributed by atoms with Gasteiger partial charge in [0.25, 0.3) is 0 Å². The lowest BCUT2D eigenvalue weighted by atomic mass is 10.2. The van der Waals surface area contributed by atoms with Crippen LogP contribution in [0.5, 0.6) is 0 Å². The van der Waals surface area contributed by atoms with Gasteiger partial charge in [-0.1, -0.05) is 0 Å². The maximum atomic E-state index is 11.8. The van der Waals surface area contributed by atoms with Gasteiger partial charge >= 0.3 is 11.9 Å². The van der Waals surface area contributed by atoms with Crippen LogP contribution in [0.25, 0.3) is 11.0 Å². The molecule has 1 aromatic heterocycles. The first-order chi connectivity index (χ1) is 10.7. The molecule has 6 nitrogen and oxygen atoms in total. The second-order valence-electron chi connectivity index (χ2n) is 4.32. The molecule has 0 saturated carbocycles. The summed E-state index contributed by atoms with van der Waals surface area (Å²) in [4.78, 5) is 23.6. The highest BCUT2D eigenvalue weighted by Crippen LogP contribution is 2.20. The summed E-state index contributed by atoms with van der Waals surface area (Å²) in [6, 6.07) is 7.22. The molecule has 0 atom stereocenters. The Balaban J connectivity index is 2.20. The Morgan fingerprint density at radius 2 is 1.82 bits per heavy atom. The molecule has 1 aromatic carbocycles. The van der Waals surface area contributed by atoms with E-state index in [0.29, 0.717) is 5.69 Å². The maximum Gasteiger partial charge on any atom is 0.347 e. The third-order valence-corrected chi connectivity index (χ3v) is 2.83. The quantitative estimate of drug-likeness (QED) is 0.383. The average Bonchev–Trinajstić information content (AvgIpc) is 2.95. The number of furan rings is 1. The van der Waals surface area contributed by atoms with Gasteiger partial charge in [-0.2, -0.15) is 0 Å². The van der Waals surface area contributed by atoms with Gasteiger partial charge in [0.2, 0.25) is 0 Å². The van der Waals surface area contributed by atoms with Crippen LogP contribution in [0.4, 0.5) is 5.69 Å². The van der Waals surface area contributed by atoms with E-state index in [1.165, 1.54) is 6.20 Å². The van der Waals surface area contributed by atoms with Crippen molar-refractivity contribution in [2.75, 3.05) is 18.5 Å². The van der Waals surface area contributed by atoms with Gasteiger partial charge in [0.05, 0.1) is 19.5 Å². The number of nitrogens with one attached hydrogen (secondary N) is 1. The van der Waals surface area contributed by atoms with E-state index in [4.69, 9.17) is 13.9 Å². The largest absolute Gasteiger partial charge is 0.464 e. The zero-order valence-corrected chi connectivity index (χ0v) is 12.4. The summed E-state index contributed by atoms with van der Waals surface area (Å²) in [6.07, 6.45) is 2.88. The van der Waals surface area contributed by atoms with Crippen molar-refractivity contribution in [2.45, 2.75) is 13.8 Å². The van der Waals surface area contributed by atoms with Crippen LogP contribution in [0.3, 0.4) is 0 Å². The molecule has 1 heterocycles. The summed E-state index contributed by atoms with van der Waals surface area (Å²) >= 11 is 0. The number of benzene rings is 1. The van der Waals surface area contributed by atoms with Crippen molar-refractivity contribution in [2.24, 2.45) is 0 Å². The number of carbonyl (C=O) groups is 2. The fourth-order valence-corrected chi connectivity index (χ4v) is 1.83. The van der Waals surface area contributed by atoms with Crippen LogP contribution in [0.15, 0.2) is 46.7 Å². The maximum absolute atomic E-state index is 11.8. The first kappa shape index (κ1) is 15.6. The Kier molecular flexibility index (Phi) is 5.19. The summed E-state index contributed by atoms with van der Waals surface area (Å²) in [5, 5.41) is 3.81. The van der Waals surface area contributed by atoms with Gasteiger partial charge in [-0.25, -0.2) is 9.59 Å². The number of fused-ring (bicyclic) bond motifs is 1. The Morgan fingerprint density at radius 3 is 2.45 bits per heavy atom. The molecule has 1 N–H and O–H groups in total. The fraction of sp³-hybridized carbons (Fsp3) is 0.250. The van der Waals surface area contributed by atoms with Gasteiger partial charge in [0, 0.05) is 17.3 Å². The summed E-state index contributed by atoms with van der Waals surface area (Å²) in [5.74, 6) is -1.45. The topological polar surface area (TPSA) is 77.8 Å². The minimum Gasteiger partial charge on any atom is -0.464 e. The zero-order valence-electron chi connectivity index (χ0n) is 12.4. The lowest BCUT2D eigenvalue weighted by molar-refractivity contribution is -0.146. The number of rotatable bonds is 6. The molecule has 0 aliphatic rings. The lowest BCUT2D eigenvalue weighted by Gasteiger charge is -2.07. The van der Waals surface area contributed by atoms with Crippen LogP contribution < -0.4 is 5.32 Å². The Hall–Kier alpha value is -2.76. The van der Waals surface area contributed by atoms with Crippen molar-refractivity contribution in [1.82, 2.24) is 0 Å². The molecule has 0 bridgehead atoms. The zero-order chi connectivity index (χ0) is 15.9. The molecular weight excluding hydrogens is 286 g/mol. The second kappa shape index (κ2) is 7.31. The first-order valence-corrected chi connectivity index (χ1v) is 6.94. The van der Waals surface area contributed by atoms with Crippen LogP contribution in [-0.2, 0) is 19.1 Å². The molecule has 6 heteroatoms. The van der Waals surface area contributed by atoms with Crippen LogP contribution in [-0.4, -0.2) is 25.2 Å². The number of anilines is 1. The molecule has 0 saturated heterocycles. The van der Waals surface area contributed by atoms with E-state index >= 15 is 0 Å². The molecule has 0 fully saturated rings. The molecule has 116 valence electrons. The van der Waals surface area contributed by atoms with Crippen molar-refractivity contribution in [3.8, 4) is 0 Å². The monoisotopic (exact) mass is 303 g/mol. The molecule has 0 aliphatic carbocycles. The lowest BCUT2D eigenvalue weighted by Crippen LogP contribution is -2.19. The number of esters is 2. The van der Waals surface area contributed by atoms with E-state index in [-0.39, 0.29) is 18.8 Å². The SMILES string of the molecule is CCOC(=O)C(=CNc1ccc2occc2c1)C(=O)OCC. The van der Waals surface area contributed by atoms with E-state index in [0.717, 1.165) is 11.0 Å². The van der Waals surface area contributed by atoms with Crippen LogP contribution in [0, 0.1) is 0 Å². The van der Waals surface area contributed by atoms with Crippen LogP contribution >= 0.6 is 0 Å². The van der Waals surface area contributed by atoms with E-state index < -0.39 is 11.9 Å². The minimum atomic E-state index is -0.724. The van der Waals surface area contributed by atoms with Crippen molar-refractivity contribution >= 4 is 28.6 Å². The van der Waals surface area contributed by atoms with Crippen LogP contribution in [0.1, 0.15) is 13.8 Å². The molecule has 2 aromatic rings. The predicted molar refractivity (Wildman–Crippen MR) is 81.2 cm³/mol. The molecule has 2 rings (SSSR count). The number of carbonyl (C=O) groups excluding carboxylic acids is 2. The van der Waals surface area contributed by atoms with Gasteiger partial charge in [-0.05, 0) is 38.1 Å². The highest BCUT2D eigenvalue weighted by molar-refractivity contribution is 6.14. The number of hydrogen-bond acceptors (Lipinski definition) is 6. The Labute approximate surface area is 127 Å². The van der Waals surface area contributed by atoms with Crippen molar-refractivity contribution in [3.05, 3.63) is 42.3 Å². The normalized spacial score (nSPS) is 10.1. The van der Waals surface area contributed by atoms with Gasteiger partial charge in [0.1, 0.15) is 5.58 Å². The highest BCUT2D eigenvalue weighted by atomic mass is 16.6. The van der Waals surface area contributed by atoms with E-state index in [1.54, 1.807) is 32.2 Å². The predicted octanol–water partition coefficient (Wildman–Crippen LogP) is 2.85. The summed E-state index contributed by atoms with van der Waals surface area (Å²) in [6.45, 7) is 3.69. The third-order valence-electron chi connectivity index (χ3n) is 2.83. The summed E-state index contributed by atoms with van der Waals surface area (Å²) in [7, 11) is 0. The Morgan fingerprint density at radius 1 is 1.14 bits per heavy atom. The highest BCUT2D eigenvalue weighted by Gasteiger charge is 2.20. The van der Waals surface area contributed by atoms with Gasteiger partial charge < -0.3 is 19.2 Å². The molecule has 0 unspecified atom stereocenters.